The number of carbonyl (C=O) groups is 1. The zero-order chi connectivity index (χ0) is 12.7. The summed E-state index contributed by atoms with van der Waals surface area (Å²) in [5, 5.41) is 12.4. The molecule has 0 bridgehead atoms. The van der Waals surface area contributed by atoms with E-state index in [9.17, 15) is 9.90 Å². The monoisotopic (exact) mass is 263 g/mol. The fraction of sp³-hybridized carbons (Fsp3) is 0.700. The van der Waals surface area contributed by atoms with Crippen LogP contribution in [-0.2, 0) is 18.4 Å². The van der Waals surface area contributed by atoms with Gasteiger partial charge in [0.15, 0.2) is 0 Å². The summed E-state index contributed by atoms with van der Waals surface area (Å²) < 4.78 is 15.7. The van der Waals surface area contributed by atoms with E-state index in [1.165, 1.54) is 6.92 Å². The van der Waals surface area contributed by atoms with Crippen molar-refractivity contribution in [1.29, 1.82) is 0 Å². The minimum absolute atomic E-state index is 0.150. The smallest absolute Gasteiger partial charge is 0.332 e. The third-order valence-electron chi connectivity index (χ3n) is 2.03. The highest BCUT2D eigenvalue weighted by Crippen LogP contribution is 2.43. The van der Waals surface area contributed by atoms with E-state index in [2.05, 4.69) is 5.32 Å². The van der Waals surface area contributed by atoms with E-state index in [1.807, 2.05) is 0 Å². The lowest BCUT2D eigenvalue weighted by atomic mass is 10.1. The molecule has 98 valence electrons. The number of hydrogen-bond acceptors (Lipinski definition) is 5. The van der Waals surface area contributed by atoms with Crippen LogP contribution < -0.4 is 5.32 Å². The maximum atomic E-state index is 11.0. The van der Waals surface area contributed by atoms with Crippen molar-refractivity contribution in [2.24, 2.45) is 0 Å². The molecule has 1 heterocycles. The summed E-state index contributed by atoms with van der Waals surface area (Å²) in [4.78, 5) is 11.0. The Morgan fingerprint density at radius 3 is 2.76 bits per heavy atom. The Morgan fingerprint density at radius 2 is 2.24 bits per heavy atom. The predicted octanol–water partition coefficient (Wildman–Crippen LogP) is 0.718. The molecular weight excluding hydrogens is 245 g/mol. The summed E-state index contributed by atoms with van der Waals surface area (Å²) in [5.74, 6) is -0.219. The number of aliphatic hydroxyl groups excluding tert-OH is 1. The number of hydrogen-bond donors (Lipinski definition) is 2. The number of carbonyl (C=O) groups excluding carboxylic acids is 1. The van der Waals surface area contributed by atoms with Gasteiger partial charge in [0, 0.05) is 6.92 Å². The summed E-state index contributed by atoms with van der Waals surface area (Å²) in [6, 6.07) is -0.501. The van der Waals surface area contributed by atoms with Gasteiger partial charge in [-0.25, -0.2) is 0 Å². The first-order valence-electron chi connectivity index (χ1n) is 5.40. The standard InChI is InChI=1S/C10H18NO5P/c1-3-4-10(13)9(11-8(2)12)7-16-17-14-5-6-15-17/h3-4,9-10,13H,5-7H2,1-2H3,(H,11,12). The predicted molar refractivity (Wildman–Crippen MR) is 63.2 cm³/mol. The number of allylic oxidation sites excluding steroid dienone is 1. The fourth-order valence-corrected chi connectivity index (χ4v) is 2.25. The van der Waals surface area contributed by atoms with Crippen molar-refractivity contribution in [3.8, 4) is 0 Å². The maximum Gasteiger partial charge on any atom is 0.332 e. The van der Waals surface area contributed by atoms with Crippen LogP contribution in [0.5, 0.6) is 0 Å². The summed E-state index contributed by atoms with van der Waals surface area (Å²) >= 11 is 0. The zero-order valence-electron chi connectivity index (χ0n) is 9.96. The largest absolute Gasteiger partial charge is 0.387 e. The average molecular weight is 263 g/mol. The fourth-order valence-electron chi connectivity index (χ4n) is 1.29. The van der Waals surface area contributed by atoms with Gasteiger partial charge in [0.1, 0.15) is 0 Å². The van der Waals surface area contributed by atoms with Crippen LogP contribution in [0.4, 0.5) is 0 Å². The second kappa shape index (κ2) is 7.74. The van der Waals surface area contributed by atoms with Gasteiger partial charge in [0.05, 0.1) is 32.0 Å². The molecule has 1 fully saturated rings. The highest BCUT2D eigenvalue weighted by molar-refractivity contribution is 7.41. The molecule has 2 N–H and O–H groups in total. The van der Waals surface area contributed by atoms with Gasteiger partial charge >= 0.3 is 8.60 Å². The quantitative estimate of drug-likeness (QED) is 0.545. The van der Waals surface area contributed by atoms with Crippen molar-refractivity contribution in [2.45, 2.75) is 26.0 Å². The van der Waals surface area contributed by atoms with E-state index in [1.54, 1.807) is 19.1 Å². The molecule has 1 rings (SSSR count). The van der Waals surface area contributed by atoms with Crippen LogP contribution in [0.1, 0.15) is 13.8 Å². The molecule has 0 aliphatic carbocycles. The van der Waals surface area contributed by atoms with Crippen LogP contribution in [0, 0.1) is 0 Å². The summed E-state index contributed by atoms with van der Waals surface area (Å²) in [6.07, 6.45) is 2.52. The van der Waals surface area contributed by atoms with Crippen LogP contribution in [-0.4, -0.2) is 43.0 Å². The van der Waals surface area contributed by atoms with Gasteiger partial charge in [-0.05, 0) is 6.92 Å². The van der Waals surface area contributed by atoms with Crippen molar-refractivity contribution < 1.29 is 23.5 Å². The Morgan fingerprint density at radius 1 is 1.59 bits per heavy atom. The van der Waals surface area contributed by atoms with E-state index in [-0.39, 0.29) is 12.5 Å². The first-order chi connectivity index (χ1) is 8.13. The van der Waals surface area contributed by atoms with Gasteiger partial charge in [0.25, 0.3) is 0 Å². The molecular formula is C10H18NO5P. The van der Waals surface area contributed by atoms with Crippen LogP contribution in [0.15, 0.2) is 12.2 Å². The van der Waals surface area contributed by atoms with E-state index in [0.29, 0.717) is 13.2 Å². The molecule has 1 amide bonds. The topological polar surface area (TPSA) is 77.0 Å². The van der Waals surface area contributed by atoms with E-state index in [0.717, 1.165) is 0 Å². The third kappa shape index (κ3) is 5.57. The molecule has 0 aromatic carbocycles. The molecule has 1 saturated heterocycles. The van der Waals surface area contributed by atoms with Crippen molar-refractivity contribution in [3.63, 3.8) is 0 Å². The molecule has 17 heavy (non-hydrogen) atoms. The summed E-state index contributed by atoms with van der Waals surface area (Å²) in [6.45, 7) is 4.38. The lowest BCUT2D eigenvalue weighted by molar-refractivity contribution is -0.120. The van der Waals surface area contributed by atoms with Crippen LogP contribution in [0.3, 0.4) is 0 Å². The normalized spacial score (nSPS) is 20.6. The van der Waals surface area contributed by atoms with Gasteiger partial charge in [-0.1, -0.05) is 12.2 Å². The highest BCUT2D eigenvalue weighted by Gasteiger charge is 2.24. The van der Waals surface area contributed by atoms with Gasteiger partial charge in [0.2, 0.25) is 5.91 Å². The third-order valence-corrected chi connectivity index (χ3v) is 3.17. The molecule has 0 radical (unpaired) electrons. The Labute approximate surface area is 102 Å². The average Bonchev–Trinajstić information content (AvgIpc) is 2.76. The van der Waals surface area contributed by atoms with E-state index in [4.69, 9.17) is 13.6 Å². The molecule has 6 nitrogen and oxygen atoms in total. The Hall–Kier alpha value is -0.520. The summed E-state index contributed by atoms with van der Waals surface area (Å²) in [7, 11) is -1.32. The molecule has 2 unspecified atom stereocenters. The lowest BCUT2D eigenvalue weighted by Gasteiger charge is -2.21. The first kappa shape index (κ1) is 14.5. The maximum absolute atomic E-state index is 11.0. The second-order valence-corrected chi connectivity index (χ2v) is 4.73. The van der Waals surface area contributed by atoms with Crippen molar-refractivity contribution >= 4 is 14.5 Å². The van der Waals surface area contributed by atoms with Crippen LogP contribution in [0.2, 0.25) is 0 Å². The second-order valence-electron chi connectivity index (χ2n) is 3.51. The van der Waals surface area contributed by atoms with Gasteiger partial charge in [-0.2, -0.15) is 0 Å². The summed E-state index contributed by atoms with van der Waals surface area (Å²) in [5.41, 5.74) is 0. The van der Waals surface area contributed by atoms with Crippen LogP contribution >= 0.6 is 8.60 Å². The molecule has 7 heteroatoms. The number of amides is 1. The molecule has 0 aromatic rings. The van der Waals surface area contributed by atoms with Gasteiger partial charge in [-0.15, -0.1) is 0 Å². The van der Waals surface area contributed by atoms with Gasteiger partial charge in [-0.3, -0.25) is 4.79 Å². The van der Waals surface area contributed by atoms with E-state index < -0.39 is 20.7 Å². The van der Waals surface area contributed by atoms with Crippen molar-refractivity contribution in [3.05, 3.63) is 12.2 Å². The molecule has 0 saturated carbocycles. The Balaban J connectivity index is 2.41. The Kier molecular flexibility index (Phi) is 6.62. The number of aliphatic hydroxyl groups is 1. The molecule has 2 atom stereocenters. The van der Waals surface area contributed by atoms with E-state index >= 15 is 0 Å². The molecule has 0 aromatic heterocycles. The Bertz CT molecular complexity index is 267. The molecule has 0 spiro atoms. The number of rotatable bonds is 6. The zero-order valence-corrected chi connectivity index (χ0v) is 10.9. The molecule has 1 aliphatic heterocycles. The highest BCUT2D eigenvalue weighted by atomic mass is 31.2. The molecule has 1 aliphatic rings. The minimum atomic E-state index is -1.32. The van der Waals surface area contributed by atoms with Crippen LogP contribution in [0.25, 0.3) is 0 Å². The lowest BCUT2D eigenvalue weighted by Crippen LogP contribution is -2.44. The number of nitrogens with one attached hydrogen (secondary N) is 1. The van der Waals surface area contributed by atoms with Gasteiger partial charge < -0.3 is 24.0 Å². The first-order valence-corrected chi connectivity index (χ1v) is 6.50. The van der Waals surface area contributed by atoms with Crippen molar-refractivity contribution in [2.75, 3.05) is 19.8 Å². The van der Waals surface area contributed by atoms with Crippen molar-refractivity contribution in [1.82, 2.24) is 5.32 Å². The SMILES string of the molecule is CC=CC(O)C(COP1OCCO1)NC(C)=O. The minimum Gasteiger partial charge on any atom is -0.387 e.